The molecule has 4 nitrogen and oxygen atoms in total. The minimum absolute atomic E-state index is 0.153. The van der Waals surface area contributed by atoms with E-state index in [0.29, 0.717) is 12.1 Å². The lowest BCUT2D eigenvalue weighted by Crippen LogP contribution is -2.09. The number of esters is 1. The van der Waals surface area contributed by atoms with E-state index in [0.717, 1.165) is 12.2 Å². The minimum Gasteiger partial charge on any atom is -0.462 e. The van der Waals surface area contributed by atoms with Gasteiger partial charge in [0.25, 0.3) is 0 Å². The Kier molecular flexibility index (Phi) is 5.78. The summed E-state index contributed by atoms with van der Waals surface area (Å²) in [6, 6.07) is 8.93. The van der Waals surface area contributed by atoms with Gasteiger partial charge in [-0.25, -0.2) is 4.79 Å². The van der Waals surface area contributed by atoms with Crippen molar-refractivity contribution >= 4 is 17.6 Å². The van der Waals surface area contributed by atoms with E-state index in [1.54, 1.807) is 24.3 Å². The molecule has 0 aliphatic carbocycles. The summed E-state index contributed by atoms with van der Waals surface area (Å²) in [4.78, 5) is 22.5. The van der Waals surface area contributed by atoms with E-state index in [9.17, 15) is 9.59 Å². The van der Waals surface area contributed by atoms with E-state index < -0.39 is 11.9 Å². The Morgan fingerprint density at radius 3 is 2.67 bits per heavy atom. The van der Waals surface area contributed by atoms with E-state index in [1.165, 1.54) is 0 Å². The second-order valence-electron chi connectivity index (χ2n) is 3.31. The number of hydrogen-bond acceptors (Lipinski definition) is 3. The molecule has 1 rings (SSSR count). The zero-order valence-electron chi connectivity index (χ0n) is 9.76. The quantitative estimate of drug-likeness (QED) is 0.371. The van der Waals surface area contributed by atoms with Gasteiger partial charge in [0.2, 0.25) is 5.91 Å². The number of ether oxygens (including phenoxy) is 1. The smallest absolute Gasteiger partial charge is 0.330 e. The molecule has 0 aromatic heterocycles. The van der Waals surface area contributed by atoms with Crippen LogP contribution in [0.1, 0.15) is 6.42 Å². The minimum atomic E-state index is -0.589. The van der Waals surface area contributed by atoms with Crippen molar-refractivity contribution in [2.24, 2.45) is 0 Å². The monoisotopic (exact) mass is 243 g/mol. The van der Waals surface area contributed by atoms with Crippen molar-refractivity contribution in [2.45, 2.75) is 6.42 Å². The number of para-hydroxylation sites is 1. The van der Waals surface area contributed by atoms with Crippen LogP contribution in [-0.4, -0.2) is 18.5 Å². The number of rotatable bonds is 5. The summed E-state index contributed by atoms with van der Waals surface area (Å²) >= 11 is 0. The van der Waals surface area contributed by atoms with Crippen molar-refractivity contribution < 1.29 is 14.3 Å². The predicted molar refractivity (Wildman–Crippen MR) is 68.6 cm³/mol. The van der Waals surface area contributed by atoms with Crippen LogP contribution >= 0.6 is 0 Å². The maximum atomic E-state index is 11.4. The lowest BCUT2D eigenvalue weighted by atomic mass is 10.3. The first-order chi connectivity index (χ1) is 8.72. The van der Waals surface area contributed by atoms with Gasteiger partial charge in [-0.2, -0.15) is 0 Å². The van der Waals surface area contributed by atoms with Crippen molar-refractivity contribution in [3.05, 3.63) is 42.5 Å². The van der Waals surface area contributed by atoms with Gasteiger partial charge in [0.15, 0.2) is 0 Å². The highest BCUT2D eigenvalue weighted by Gasteiger charge is 1.99. The van der Waals surface area contributed by atoms with Crippen molar-refractivity contribution in [3.8, 4) is 12.3 Å². The van der Waals surface area contributed by atoms with Gasteiger partial charge in [-0.3, -0.25) is 4.79 Å². The molecule has 0 aliphatic heterocycles. The standard InChI is InChI=1S/C14H13NO3/c1-2-3-11-18-14(17)10-9-13(16)15-12-7-5-4-6-8-12/h1,4-10H,3,11H2,(H,15,16)/b10-9-. The van der Waals surface area contributed by atoms with Gasteiger partial charge in [-0.15, -0.1) is 12.3 Å². The Morgan fingerprint density at radius 1 is 1.28 bits per heavy atom. The first-order valence-electron chi connectivity index (χ1n) is 5.36. The van der Waals surface area contributed by atoms with E-state index in [4.69, 9.17) is 11.2 Å². The van der Waals surface area contributed by atoms with Gasteiger partial charge in [0.05, 0.1) is 0 Å². The Hall–Kier alpha value is -2.54. The van der Waals surface area contributed by atoms with Gasteiger partial charge in [0.1, 0.15) is 6.61 Å². The third kappa shape index (κ3) is 5.52. The van der Waals surface area contributed by atoms with Crippen molar-refractivity contribution in [1.29, 1.82) is 0 Å². The number of benzene rings is 1. The van der Waals surface area contributed by atoms with Crippen LogP contribution in [0.5, 0.6) is 0 Å². The summed E-state index contributed by atoms with van der Waals surface area (Å²) in [5.74, 6) is 1.36. The molecule has 0 unspecified atom stereocenters. The maximum absolute atomic E-state index is 11.4. The zero-order chi connectivity index (χ0) is 13.2. The molecule has 0 aliphatic rings. The SMILES string of the molecule is C#CCCOC(=O)/C=C\C(=O)Nc1ccccc1. The fraction of sp³-hybridized carbons (Fsp3) is 0.143. The third-order valence-corrected chi connectivity index (χ3v) is 1.90. The molecule has 4 heteroatoms. The fourth-order valence-corrected chi connectivity index (χ4v) is 1.11. The molecule has 0 fully saturated rings. The molecule has 0 saturated heterocycles. The lowest BCUT2D eigenvalue weighted by Gasteiger charge is -2.00. The van der Waals surface area contributed by atoms with Gasteiger partial charge in [-0.05, 0) is 12.1 Å². The highest BCUT2D eigenvalue weighted by molar-refractivity contribution is 6.02. The van der Waals surface area contributed by atoms with Gasteiger partial charge >= 0.3 is 5.97 Å². The van der Waals surface area contributed by atoms with Crippen LogP contribution in [0.15, 0.2) is 42.5 Å². The molecular formula is C14H13NO3. The molecule has 1 N–H and O–H groups in total. The highest BCUT2D eigenvalue weighted by atomic mass is 16.5. The Morgan fingerprint density at radius 2 is 2.00 bits per heavy atom. The van der Waals surface area contributed by atoms with Gasteiger partial charge in [-0.1, -0.05) is 18.2 Å². The van der Waals surface area contributed by atoms with Crippen molar-refractivity contribution in [3.63, 3.8) is 0 Å². The van der Waals surface area contributed by atoms with Crippen LogP contribution in [0.25, 0.3) is 0 Å². The normalized spacial score (nSPS) is 9.72. The van der Waals surface area contributed by atoms with E-state index in [2.05, 4.69) is 11.2 Å². The highest BCUT2D eigenvalue weighted by Crippen LogP contribution is 2.04. The second kappa shape index (κ2) is 7.69. The summed E-state index contributed by atoms with van der Waals surface area (Å²) < 4.78 is 4.73. The number of hydrogen-bond donors (Lipinski definition) is 1. The average molecular weight is 243 g/mol. The van der Waals surface area contributed by atoms with Crippen LogP contribution in [0.4, 0.5) is 5.69 Å². The maximum Gasteiger partial charge on any atom is 0.330 e. The molecule has 92 valence electrons. The van der Waals surface area contributed by atoms with Crippen LogP contribution < -0.4 is 5.32 Å². The molecule has 0 bridgehead atoms. The van der Waals surface area contributed by atoms with E-state index in [-0.39, 0.29) is 6.61 Å². The third-order valence-electron chi connectivity index (χ3n) is 1.90. The largest absolute Gasteiger partial charge is 0.462 e. The van der Waals surface area contributed by atoms with Crippen LogP contribution in [-0.2, 0) is 14.3 Å². The predicted octanol–water partition coefficient (Wildman–Crippen LogP) is 1.75. The number of amides is 1. The number of carbonyl (C=O) groups excluding carboxylic acids is 2. The molecule has 18 heavy (non-hydrogen) atoms. The molecule has 1 aromatic carbocycles. The first-order valence-corrected chi connectivity index (χ1v) is 5.36. The lowest BCUT2D eigenvalue weighted by molar-refractivity contribution is -0.137. The summed E-state index contributed by atoms with van der Waals surface area (Å²) in [6.07, 6.45) is 7.54. The molecule has 0 saturated carbocycles. The Labute approximate surface area is 106 Å². The first kappa shape index (κ1) is 13.5. The fourth-order valence-electron chi connectivity index (χ4n) is 1.11. The number of terminal acetylenes is 1. The second-order valence-corrected chi connectivity index (χ2v) is 3.31. The number of anilines is 1. The summed E-state index contributed by atoms with van der Waals surface area (Å²) in [5.41, 5.74) is 0.660. The Balaban J connectivity index is 2.36. The summed E-state index contributed by atoms with van der Waals surface area (Å²) in [5, 5.41) is 2.60. The van der Waals surface area contributed by atoms with Crippen LogP contribution in [0, 0.1) is 12.3 Å². The molecule has 1 aromatic rings. The van der Waals surface area contributed by atoms with E-state index in [1.807, 2.05) is 6.07 Å². The average Bonchev–Trinajstić information content (AvgIpc) is 2.38. The van der Waals surface area contributed by atoms with Crippen molar-refractivity contribution in [1.82, 2.24) is 0 Å². The summed E-state index contributed by atoms with van der Waals surface area (Å²) in [7, 11) is 0. The van der Waals surface area contributed by atoms with Crippen LogP contribution in [0.2, 0.25) is 0 Å². The summed E-state index contributed by atoms with van der Waals surface area (Å²) in [6.45, 7) is 0.153. The number of carbonyl (C=O) groups is 2. The molecular weight excluding hydrogens is 230 g/mol. The van der Waals surface area contributed by atoms with Crippen LogP contribution in [0.3, 0.4) is 0 Å². The molecule has 0 radical (unpaired) electrons. The molecule has 1 amide bonds. The topological polar surface area (TPSA) is 55.4 Å². The van der Waals surface area contributed by atoms with Gasteiger partial charge < -0.3 is 10.1 Å². The molecule has 0 spiro atoms. The molecule has 0 atom stereocenters. The number of nitrogens with one attached hydrogen (secondary N) is 1. The van der Waals surface area contributed by atoms with Gasteiger partial charge in [0, 0.05) is 24.3 Å². The molecule has 0 heterocycles. The van der Waals surface area contributed by atoms with Crippen molar-refractivity contribution in [2.75, 3.05) is 11.9 Å². The van der Waals surface area contributed by atoms with E-state index >= 15 is 0 Å². The Bertz CT molecular complexity index is 472. The zero-order valence-corrected chi connectivity index (χ0v) is 9.76.